The van der Waals surface area contributed by atoms with Gasteiger partial charge in [0.1, 0.15) is 0 Å². The lowest BCUT2D eigenvalue weighted by Gasteiger charge is -1.99. The SMILES string of the molecule is CCn1ccc(CC(C)N)n1. The lowest BCUT2D eigenvalue weighted by molar-refractivity contribution is 0.631. The zero-order valence-corrected chi connectivity index (χ0v) is 7.12. The Morgan fingerprint density at radius 2 is 2.45 bits per heavy atom. The Labute approximate surface area is 67.2 Å². The second-order valence-corrected chi connectivity index (χ2v) is 2.84. The molecule has 0 aliphatic carbocycles. The van der Waals surface area contributed by atoms with E-state index in [1.54, 1.807) is 0 Å². The fourth-order valence-corrected chi connectivity index (χ4v) is 1.02. The second-order valence-electron chi connectivity index (χ2n) is 2.84. The first kappa shape index (κ1) is 8.27. The molecule has 0 saturated heterocycles. The summed E-state index contributed by atoms with van der Waals surface area (Å²) in [6.45, 7) is 4.99. The number of nitrogens with zero attached hydrogens (tertiary/aromatic N) is 2. The van der Waals surface area contributed by atoms with Crippen molar-refractivity contribution < 1.29 is 0 Å². The summed E-state index contributed by atoms with van der Waals surface area (Å²) in [7, 11) is 0. The van der Waals surface area contributed by atoms with Gasteiger partial charge in [0, 0.05) is 25.2 Å². The van der Waals surface area contributed by atoms with E-state index < -0.39 is 0 Å². The molecule has 0 aromatic carbocycles. The molecule has 1 aromatic heterocycles. The van der Waals surface area contributed by atoms with Gasteiger partial charge < -0.3 is 5.73 Å². The minimum atomic E-state index is 0.204. The Bertz CT molecular complexity index is 215. The van der Waals surface area contributed by atoms with Gasteiger partial charge in [-0.3, -0.25) is 4.68 Å². The molecule has 11 heavy (non-hydrogen) atoms. The van der Waals surface area contributed by atoms with E-state index in [9.17, 15) is 0 Å². The first-order valence-corrected chi connectivity index (χ1v) is 4.00. The van der Waals surface area contributed by atoms with Gasteiger partial charge in [0.2, 0.25) is 0 Å². The van der Waals surface area contributed by atoms with E-state index >= 15 is 0 Å². The van der Waals surface area contributed by atoms with E-state index in [-0.39, 0.29) is 6.04 Å². The lowest BCUT2D eigenvalue weighted by Crippen LogP contribution is -2.18. The van der Waals surface area contributed by atoms with Crippen molar-refractivity contribution in [3.05, 3.63) is 18.0 Å². The summed E-state index contributed by atoms with van der Waals surface area (Å²) in [4.78, 5) is 0. The topological polar surface area (TPSA) is 43.8 Å². The fourth-order valence-electron chi connectivity index (χ4n) is 1.02. The van der Waals surface area contributed by atoms with Crippen molar-refractivity contribution >= 4 is 0 Å². The molecule has 2 N–H and O–H groups in total. The highest BCUT2D eigenvalue weighted by Gasteiger charge is 2.00. The highest BCUT2D eigenvalue weighted by atomic mass is 15.3. The van der Waals surface area contributed by atoms with E-state index in [2.05, 4.69) is 12.0 Å². The van der Waals surface area contributed by atoms with Gasteiger partial charge in [-0.05, 0) is 19.9 Å². The molecule has 1 rings (SSSR count). The molecule has 3 heteroatoms. The van der Waals surface area contributed by atoms with E-state index in [0.717, 1.165) is 18.7 Å². The molecule has 0 aliphatic rings. The number of aryl methyl sites for hydroxylation is 1. The molecule has 0 spiro atoms. The smallest absolute Gasteiger partial charge is 0.0639 e. The van der Waals surface area contributed by atoms with E-state index in [1.807, 2.05) is 23.9 Å². The van der Waals surface area contributed by atoms with Gasteiger partial charge in [-0.2, -0.15) is 5.10 Å². The highest BCUT2D eigenvalue weighted by molar-refractivity contribution is 5.00. The predicted octanol–water partition coefficient (Wildman–Crippen LogP) is 0.793. The molecule has 0 aliphatic heterocycles. The van der Waals surface area contributed by atoms with E-state index in [4.69, 9.17) is 5.73 Å². The molecule has 62 valence electrons. The summed E-state index contributed by atoms with van der Waals surface area (Å²) < 4.78 is 1.91. The number of nitrogens with two attached hydrogens (primary N) is 1. The van der Waals surface area contributed by atoms with Crippen molar-refractivity contribution in [3.63, 3.8) is 0 Å². The van der Waals surface area contributed by atoms with Crippen LogP contribution >= 0.6 is 0 Å². The molecule has 3 nitrogen and oxygen atoms in total. The van der Waals surface area contributed by atoms with Crippen molar-refractivity contribution in [2.45, 2.75) is 32.9 Å². The van der Waals surface area contributed by atoms with Crippen molar-refractivity contribution in [2.24, 2.45) is 5.73 Å². The van der Waals surface area contributed by atoms with Gasteiger partial charge in [-0.25, -0.2) is 0 Å². The summed E-state index contributed by atoms with van der Waals surface area (Å²) in [6.07, 6.45) is 2.85. The average molecular weight is 153 g/mol. The van der Waals surface area contributed by atoms with Crippen LogP contribution in [0.25, 0.3) is 0 Å². The zero-order valence-electron chi connectivity index (χ0n) is 7.12. The molecular formula is C8H15N3. The molecule has 0 bridgehead atoms. The largest absolute Gasteiger partial charge is 0.328 e. The lowest BCUT2D eigenvalue weighted by atomic mass is 10.2. The molecule has 0 amide bonds. The maximum absolute atomic E-state index is 5.63. The van der Waals surface area contributed by atoms with Crippen LogP contribution in [0.4, 0.5) is 0 Å². The van der Waals surface area contributed by atoms with E-state index in [0.29, 0.717) is 0 Å². The maximum Gasteiger partial charge on any atom is 0.0639 e. The zero-order chi connectivity index (χ0) is 8.27. The van der Waals surface area contributed by atoms with Crippen molar-refractivity contribution in [3.8, 4) is 0 Å². The third-order valence-electron chi connectivity index (χ3n) is 1.55. The standard InChI is InChI=1S/C8H15N3/c1-3-11-5-4-8(10-11)6-7(2)9/h4-5,7H,3,6,9H2,1-2H3. The number of hydrogen-bond acceptors (Lipinski definition) is 2. The van der Waals surface area contributed by atoms with Gasteiger partial charge in [0.15, 0.2) is 0 Å². The van der Waals surface area contributed by atoms with Gasteiger partial charge in [0.25, 0.3) is 0 Å². The van der Waals surface area contributed by atoms with Crippen LogP contribution in [0.1, 0.15) is 19.5 Å². The average Bonchev–Trinajstić information content (AvgIpc) is 2.34. The summed E-state index contributed by atoms with van der Waals surface area (Å²) in [6, 6.07) is 2.22. The summed E-state index contributed by atoms with van der Waals surface area (Å²) in [5, 5.41) is 4.31. The van der Waals surface area contributed by atoms with Crippen LogP contribution in [0.5, 0.6) is 0 Å². The second kappa shape index (κ2) is 3.53. The van der Waals surface area contributed by atoms with Gasteiger partial charge >= 0.3 is 0 Å². The third kappa shape index (κ3) is 2.35. The Balaban J connectivity index is 2.58. The Kier molecular flexibility index (Phi) is 2.65. The molecule has 0 radical (unpaired) electrons. The number of aromatic nitrogens is 2. The Hall–Kier alpha value is -0.830. The highest BCUT2D eigenvalue weighted by Crippen LogP contribution is 1.98. The monoisotopic (exact) mass is 153 g/mol. The van der Waals surface area contributed by atoms with Crippen LogP contribution in [-0.4, -0.2) is 15.8 Å². The number of rotatable bonds is 3. The number of hydrogen-bond donors (Lipinski definition) is 1. The fraction of sp³-hybridized carbons (Fsp3) is 0.625. The normalized spacial score (nSPS) is 13.4. The summed E-state index contributed by atoms with van der Waals surface area (Å²) >= 11 is 0. The quantitative estimate of drug-likeness (QED) is 0.697. The van der Waals surface area contributed by atoms with Crippen LogP contribution < -0.4 is 5.73 Å². The summed E-state index contributed by atoms with van der Waals surface area (Å²) in [5.41, 5.74) is 6.71. The van der Waals surface area contributed by atoms with Gasteiger partial charge in [0.05, 0.1) is 5.69 Å². The first-order valence-electron chi connectivity index (χ1n) is 4.00. The molecule has 0 saturated carbocycles. The molecule has 1 atom stereocenters. The van der Waals surface area contributed by atoms with Crippen molar-refractivity contribution in [1.29, 1.82) is 0 Å². The summed E-state index contributed by atoms with van der Waals surface area (Å²) in [5.74, 6) is 0. The first-order chi connectivity index (χ1) is 5.22. The third-order valence-corrected chi connectivity index (χ3v) is 1.55. The minimum absolute atomic E-state index is 0.204. The molecule has 1 unspecified atom stereocenters. The Morgan fingerprint density at radius 3 is 2.91 bits per heavy atom. The minimum Gasteiger partial charge on any atom is -0.328 e. The van der Waals surface area contributed by atoms with E-state index in [1.165, 1.54) is 0 Å². The predicted molar refractivity (Wildman–Crippen MR) is 45.3 cm³/mol. The molecule has 1 aromatic rings. The Morgan fingerprint density at radius 1 is 1.73 bits per heavy atom. The van der Waals surface area contributed by atoms with Crippen LogP contribution in [0.15, 0.2) is 12.3 Å². The van der Waals surface area contributed by atoms with Crippen molar-refractivity contribution in [1.82, 2.24) is 9.78 Å². The molecular weight excluding hydrogens is 138 g/mol. The molecule has 1 heterocycles. The van der Waals surface area contributed by atoms with Crippen molar-refractivity contribution in [2.75, 3.05) is 0 Å². The van der Waals surface area contributed by atoms with Gasteiger partial charge in [-0.15, -0.1) is 0 Å². The molecule has 0 fully saturated rings. The van der Waals surface area contributed by atoms with Crippen LogP contribution in [-0.2, 0) is 13.0 Å². The van der Waals surface area contributed by atoms with Crippen LogP contribution in [0.3, 0.4) is 0 Å². The maximum atomic E-state index is 5.63. The van der Waals surface area contributed by atoms with Gasteiger partial charge in [-0.1, -0.05) is 0 Å². The van der Waals surface area contributed by atoms with Crippen LogP contribution in [0, 0.1) is 0 Å². The van der Waals surface area contributed by atoms with Crippen LogP contribution in [0.2, 0.25) is 0 Å².